The van der Waals surface area contributed by atoms with E-state index < -0.39 is 0 Å². The smallest absolute Gasteiger partial charge is 0.119 e. The minimum absolute atomic E-state index is 0.0271. The van der Waals surface area contributed by atoms with E-state index in [1.165, 1.54) is 12.0 Å². The fraction of sp³-hybridized carbons (Fsp3) is 0.467. The summed E-state index contributed by atoms with van der Waals surface area (Å²) in [4.78, 5) is 2.05. The zero-order valence-electron chi connectivity index (χ0n) is 10.6. The molecule has 17 heavy (non-hydrogen) atoms. The van der Waals surface area contributed by atoms with Crippen LogP contribution in [0.25, 0.3) is 0 Å². The van der Waals surface area contributed by atoms with Crippen molar-refractivity contribution in [1.82, 2.24) is 0 Å². The van der Waals surface area contributed by atoms with Gasteiger partial charge >= 0.3 is 0 Å². The number of aromatic hydroxyl groups is 1. The lowest BCUT2D eigenvalue weighted by Gasteiger charge is -2.28. The van der Waals surface area contributed by atoms with Gasteiger partial charge in [0.1, 0.15) is 5.75 Å². The summed E-state index contributed by atoms with van der Waals surface area (Å²) in [7, 11) is 0. The van der Waals surface area contributed by atoms with Crippen molar-refractivity contribution in [2.45, 2.75) is 39.0 Å². The van der Waals surface area contributed by atoms with Crippen LogP contribution in [0.1, 0.15) is 37.8 Å². The Morgan fingerprint density at radius 3 is 2.76 bits per heavy atom. The normalized spacial score (nSPS) is 31.1. The number of hydrogen-bond donors (Lipinski definition) is 1. The third-order valence-corrected chi connectivity index (χ3v) is 4.60. The number of benzene rings is 1. The number of phenols is 1. The van der Waals surface area contributed by atoms with Crippen LogP contribution in [-0.4, -0.2) is 5.11 Å². The molecule has 92 valence electrons. The molecular formula is C15H19BrO. The zero-order chi connectivity index (χ0) is 12.6. The van der Waals surface area contributed by atoms with Crippen LogP contribution < -0.4 is 0 Å². The number of allylic oxidation sites excluding steroid dienone is 1. The van der Waals surface area contributed by atoms with Gasteiger partial charge in [-0.15, -0.1) is 0 Å². The molecule has 1 aliphatic rings. The van der Waals surface area contributed by atoms with Gasteiger partial charge < -0.3 is 5.11 Å². The summed E-state index contributed by atoms with van der Waals surface area (Å²) in [5.41, 5.74) is 3.51. The van der Waals surface area contributed by atoms with E-state index in [4.69, 9.17) is 0 Å². The van der Waals surface area contributed by atoms with Crippen molar-refractivity contribution in [3.8, 4) is 5.75 Å². The van der Waals surface area contributed by atoms with Gasteiger partial charge in [-0.1, -0.05) is 47.5 Å². The number of aryl methyl sites for hydroxylation is 1. The molecule has 0 heterocycles. The average Bonchev–Trinajstić information content (AvgIpc) is 2.55. The highest BCUT2D eigenvalue weighted by Crippen LogP contribution is 2.50. The first kappa shape index (κ1) is 12.7. The number of phenolic OH excluding ortho intramolecular Hbond substituents is 1. The van der Waals surface area contributed by atoms with E-state index in [1.54, 1.807) is 0 Å². The fourth-order valence-electron chi connectivity index (χ4n) is 2.98. The van der Waals surface area contributed by atoms with E-state index in [0.29, 0.717) is 11.7 Å². The van der Waals surface area contributed by atoms with Gasteiger partial charge in [0.15, 0.2) is 0 Å². The monoisotopic (exact) mass is 294 g/mol. The Morgan fingerprint density at radius 1 is 1.47 bits per heavy atom. The van der Waals surface area contributed by atoms with Crippen molar-refractivity contribution in [3.05, 3.63) is 39.9 Å². The molecule has 0 aliphatic heterocycles. The molecule has 0 bridgehead atoms. The summed E-state index contributed by atoms with van der Waals surface area (Å²) in [6.07, 6.45) is 2.28. The Morgan fingerprint density at radius 2 is 2.18 bits per heavy atom. The van der Waals surface area contributed by atoms with Crippen molar-refractivity contribution in [2.75, 3.05) is 0 Å². The molecule has 0 amide bonds. The molecule has 1 aromatic rings. The molecule has 0 aromatic heterocycles. The molecule has 1 nitrogen and oxygen atoms in total. The summed E-state index contributed by atoms with van der Waals surface area (Å²) >= 11 is 3.48. The third-order valence-electron chi connectivity index (χ3n) is 4.11. The van der Waals surface area contributed by atoms with Crippen LogP contribution in [0.15, 0.2) is 28.8 Å². The SMILES string of the molecule is Cc1ccc([C@]2(C)CC[C@H](C)/C2=C\Br)c(O)c1. The first-order chi connectivity index (χ1) is 7.99. The Labute approximate surface area is 112 Å². The molecule has 0 spiro atoms. The largest absolute Gasteiger partial charge is 0.508 e. The maximum atomic E-state index is 10.2. The predicted molar refractivity (Wildman–Crippen MR) is 75.6 cm³/mol. The zero-order valence-corrected chi connectivity index (χ0v) is 12.2. The number of rotatable bonds is 1. The average molecular weight is 295 g/mol. The van der Waals surface area contributed by atoms with E-state index >= 15 is 0 Å². The van der Waals surface area contributed by atoms with Crippen LogP contribution in [0, 0.1) is 12.8 Å². The standard InChI is InChI=1S/C15H19BrO/c1-10-4-5-12(14(17)8-10)15(3)7-6-11(2)13(15)9-16/h4-5,8-9,11,17H,6-7H2,1-3H3/b13-9+/t11-,15-/m0/s1. The van der Waals surface area contributed by atoms with Crippen LogP contribution in [0.3, 0.4) is 0 Å². The van der Waals surface area contributed by atoms with Gasteiger partial charge in [-0.05, 0) is 42.3 Å². The lowest BCUT2D eigenvalue weighted by Crippen LogP contribution is -2.20. The second kappa shape index (κ2) is 4.49. The van der Waals surface area contributed by atoms with Gasteiger partial charge in [-0.3, -0.25) is 0 Å². The summed E-state index contributed by atoms with van der Waals surface area (Å²) in [6.45, 7) is 6.49. The molecule has 0 unspecified atom stereocenters. The lowest BCUT2D eigenvalue weighted by atomic mass is 9.76. The van der Waals surface area contributed by atoms with E-state index in [9.17, 15) is 5.11 Å². The van der Waals surface area contributed by atoms with Crippen molar-refractivity contribution < 1.29 is 5.11 Å². The number of hydrogen-bond acceptors (Lipinski definition) is 1. The minimum Gasteiger partial charge on any atom is -0.508 e. The van der Waals surface area contributed by atoms with Gasteiger partial charge in [0, 0.05) is 11.0 Å². The summed E-state index contributed by atoms with van der Waals surface area (Å²) < 4.78 is 0. The third kappa shape index (κ3) is 2.03. The molecule has 1 aromatic carbocycles. The molecule has 2 heteroatoms. The molecular weight excluding hydrogens is 276 g/mol. The first-order valence-electron chi connectivity index (χ1n) is 6.10. The first-order valence-corrected chi connectivity index (χ1v) is 7.01. The fourth-order valence-corrected chi connectivity index (χ4v) is 3.93. The number of halogens is 1. The van der Waals surface area contributed by atoms with E-state index in [2.05, 4.69) is 41.9 Å². The van der Waals surface area contributed by atoms with Crippen LogP contribution >= 0.6 is 15.9 Å². The second-order valence-corrected chi connectivity index (χ2v) is 5.81. The molecule has 1 N–H and O–H groups in total. The van der Waals surface area contributed by atoms with Gasteiger partial charge in [0.25, 0.3) is 0 Å². The van der Waals surface area contributed by atoms with E-state index in [0.717, 1.165) is 17.5 Å². The summed E-state index contributed by atoms with van der Waals surface area (Å²) in [5.74, 6) is 1.01. The van der Waals surface area contributed by atoms with Crippen molar-refractivity contribution in [2.24, 2.45) is 5.92 Å². The highest BCUT2D eigenvalue weighted by atomic mass is 79.9. The minimum atomic E-state index is -0.0271. The Balaban J connectivity index is 2.52. The van der Waals surface area contributed by atoms with Gasteiger partial charge in [0.2, 0.25) is 0 Å². The second-order valence-electron chi connectivity index (χ2n) is 5.36. The highest BCUT2D eigenvalue weighted by Gasteiger charge is 2.40. The maximum absolute atomic E-state index is 10.2. The van der Waals surface area contributed by atoms with Crippen LogP contribution in [0.2, 0.25) is 0 Å². The Kier molecular flexibility index (Phi) is 3.35. The van der Waals surface area contributed by atoms with Gasteiger partial charge in [-0.25, -0.2) is 0 Å². The van der Waals surface area contributed by atoms with Crippen molar-refractivity contribution in [3.63, 3.8) is 0 Å². The van der Waals surface area contributed by atoms with Crippen LogP contribution in [0.4, 0.5) is 0 Å². The maximum Gasteiger partial charge on any atom is 0.119 e. The van der Waals surface area contributed by atoms with E-state index in [-0.39, 0.29) is 5.41 Å². The topological polar surface area (TPSA) is 20.2 Å². The molecule has 0 saturated heterocycles. The Hall–Kier alpha value is -0.760. The lowest BCUT2D eigenvalue weighted by molar-refractivity contribution is 0.445. The van der Waals surface area contributed by atoms with Crippen molar-refractivity contribution >= 4 is 15.9 Å². The highest BCUT2D eigenvalue weighted by molar-refractivity contribution is 9.11. The predicted octanol–water partition coefficient (Wildman–Crippen LogP) is 4.67. The van der Waals surface area contributed by atoms with E-state index in [1.807, 2.05) is 18.0 Å². The Bertz CT molecular complexity index is 464. The van der Waals surface area contributed by atoms with Crippen molar-refractivity contribution in [1.29, 1.82) is 0 Å². The van der Waals surface area contributed by atoms with Crippen LogP contribution in [0.5, 0.6) is 5.75 Å². The summed E-state index contributed by atoms with van der Waals surface area (Å²) in [5, 5.41) is 10.2. The molecule has 2 rings (SSSR count). The van der Waals surface area contributed by atoms with Crippen LogP contribution in [-0.2, 0) is 5.41 Å². The summed E-state index contributed by atoms with van der Waals surface area (Å²) in [6, 6.07) is 6.00. The molecule has 1 fully saturated rings. The molecule has 1 aliphatic carbocycles. The molecule has 1 saturated carbocycles. The molecule has 0 radical (unpaired) electrons. The van der Waals surface area contributed by atoms with Gasteiger partial charge in [0.05, 0.1) is 0 Å². The quantitative estimate of drug-likeness (QED) is 0.798. The van der Waals surface area contributed by atoms with Gasteiger partial charge in [-0.2, -0.15) is 0 Å². The molecule has 2 atom stereocenters.